The average molecular weight is 234 g/mol. The van der Waals surface area contributed by atoms with Crippen LogP contribution in [0.25, 0.3) is 0 Å². The highest BCUT2D eigenvalue weighted by molar-refractivity contribution is 5.07. The quantitative estimate of drug-likeness (QED) is 0.851. The van der Waals surface area contributed by atoms with E-state index in [1.165, 1.54) is 31.2 Å². The molecule has 2 bridgehead atoms. The minimum atomic E-state index is 0.734. The third kappa shape index (κ3) is 2.11. The molecule has 1 N–H and O–H groups in total. The van der Waals surface area contributed by atoms with Crippen LogP contribution in [-0.2, 0) is 13.6 Å². The van der Waals surface area contributed by atoms with Crippen molar-refractivity contribution in [1.29, 1.82) is 0 Å². The predicted molar refractivity (Wildman–Crippen MR) is 67.6 cm³/mol. The normalized spacial score (nSPS) is 33.2. The molecule has 2 aliphatic rings. The second kappa shape index (κ2) is 4.42. The first kappa shape index (κ1) is 11.2. The summed E-state index contributed by atoms with van der Waals surface area (Å²) in [4.78, 5) is 2.70. The molecule has 94 valence electrons. The van der Waals surface area contributed by atoms with Crippen LogP contribution >= 0.6 is 0 Å². The zero-order chi connectivity index (χ0) is 11.8. The van der Waals surface area contributed by atoms with Crippen molar-refractivity contribution < 1.29 is 0 Å². The zero-order valence-corrected chi connectivity index (χ0v) is 10.8. The molecule has 2 atom stereocenters. The van der Waals surface area contributed by atoms with Crippen LogP contribution in [0, 0.1) is 0 Å². The summed E-state index contributed by atoms with van der Waals surface area (Å²) >= 11 is 0. The largest absolute Gasteiger partial charge is 0.317 e. The zero-order valence-electron chi connectivity index (χ0n) is 10.8. The Kier molecular flexibility index (Phi) is 2.92. The number of piperidine rings is 1. The van der Waals surface area contributed by atoms with Crippen molar-refractivity contribution in [3.63, 3.8) is 0 Å². The van der Waals surface area contributed by atoms with Gasteiger partial charge in [0.05, 0.1) is 6.20 Å². The Labute approximate surface area is 103 Å². The first-order chi connectivity index (χ1) is 8.26. The van der Waals surface area contributed by atoms with Crippen molar-refractivity contribution in [3.05, 3.63) is 18.0 Å². The number of hydrogen-bond donors (Lipinski definition) is 1. The van der Waals surface area contributed by atoms with Gasteiger partial charge in [0.25, 0.3) is 0 Å². The van der Waals surface area contributed by atoms with Gasteiger partial charge in [-0.2, -0.15) is 5.10 Å². The Morgan fingerprint density at radius 3 is 2.59 bits per heavy atom. The van der Waals surface area contributed by atoms with E-state index in [0.29, 0.717) is 0 Å². The molecule has 2 fully saturated rings. The summed E-state index contributed by atoms with van der Waals surface area (Å²) in [6.07, 6.45) is 9.53. The number of hydrogen-bond acceptors (Lipinski definition) is 3. The van der Waals surface area contributed by atoms with Gasteiger partial charge in [-0.3, -0.25) is 9.58 Å². The lowest BCUT2D eigenvalue weighted by molar-refractivity contribution is 0.111. The Morgan fingerprint density at radius 1 is 1.35 bits per heavy atom. The van der Waals surface area contributed by atoms with E-state index in [9.17, 15) is 0 Å². The Balaban J connectivity index is 1.69. The third-order valence-electron chi connectivity index (χ3n) is 4.42. The fourth-order valence-electron chi connectivity index (χ4n) is 3.53. The lowest BCUT2D eigenvalue weighted by Gasteiger charge is -2.38. The van der Waals surface area contributed by atoms with Crippen molar-refractivity contribution in [2.24, 2.45) is 7.05 Å². The second-order valence-electron chi connectivity index (χ2n) is 5.54. The summed E-state index contributed by atoms with van der Waals surface area (Å²) < 4.78 is 1.90. The lowest BCUT2D eigenvalue weighted by Crippen LogP contribution is -2.47. The van der Waals surface area contributed by atoms with Crippen molar-refractivity contribution in [1.82, 2.24) is 20.0 Å². The highest BCUT2D eigenvalue weighted by atomic mass is 15.3. The summed E-state index contributed by atoms with van der Waals surface area (Å²) in [5, 5.41) is 7.71. The van der Waals surface area contributed by atoms with Crippen LogP contribution in [-0.4, -0.2) is 39.9 Å². The molecular weight excluding hydrogens is 212 g/mol. The van der Waals surface area contributed by atoms with E-state index in [4.69, 9.17) is 0 Å². The monoisotopic (exact) mass is 234 g/mol. The minimum absolute atomic E-state index is 0.734. The second-order valence-corrected chi connectivity index (χ2v) is 5.54. The predicted octanol–water partition coefficient (Wildman–Crippen LogP) is 1.13. The van der Waals surface area contributed by atoms with E-state index in [1.54, 1.807) is 0 Å². The molecule has 2 unspecified atom stereocenters. The molecule has 17 heavy (non-hydrogen) atoms. The molecule has 4 heteroatoms. The minimum Gasteiger partial charge on any atom is -0.317 e. The molecule has 0 aliphatic carbocycles. The molecule has 2 aliphatic heterocycles. The van der Waals surface area contributed by atoms with Gasteiger partial charge in [-0.1, -0.05) is 0 Å². The topological polar surface area (TPSA) is 33.1 Å². The fourth-order valence-corrected chi connectivity index (χ4v) is 3.53. The Hall–Kier alpha value is -0.870. The number of rotatable bonds is 3. The van der Waals surface area contributed by atoms with E-state index in [1.807, 2.05) is 17.9 Å². The van der Waals surface area contributed by atoms with Gasteiger partial charge in [0, 0.05) is 43.5 Å². The molecule has 3 heterocycles. The van der Waals surface area contributed by atoms with Crippen molar-refractivity contribution in [2.45, 2.75) is 50.4 Å². The molecule has 0 saturated carbocycles. The molecule has 1 aromatic rings. The fraction of sp³-hybridized carbons (Fsp3) is 0.769. The summed E-state index contributed by atoms with van der Waals surface area (Å²) in [6, 6.07) is 2.30. The SMILES string of the molecule is CNC1CC2CCC(C1)N2Cc1cnn(C)c1. The van der Waals surface area contributed by atoms with Gasteiger partial charge in [-0.05, 0) is 32.7 Å². The summed E-state index contributed by atoms with van der Waals surface area (Å²) in [5.41, 5.74) is 1.35. The maximum Gasteiger partial charge on any atom is 0.0534 e. The molecule has 0 aromatic carbocycles. The van der Waals surface area contributed by atoms with Crippen LogP contribution in [0.3, 0.4) is 0 Å². The first-order valence-corrected chi connectivity index (χ1v) is 6.67. The van der Waals surface area contributed by atoms with Gasteiger partial charge in [0.1, 0.15) is 0 Å². The molecule has 4 nitrogen and oxygen atoms in total. The van der Waals surface area contributed by atoms with Crippen LogP contribution in [0.1, 0.15) is 31.2 Å². The van der Waals surface area contributed by atoms with E-state index in [0.717, 1.165) is 24.7 Å². The average Bonchev–Trinajstić information content (AvgIpc) is 2.82. The van der Waals surface area contributed by atoms with Gasteiger partial charge < -0.3 is 5.32 Å². The van der Waals surface area contributed by atoms with Crippen molar-refractivity contribution in [3.8, 4) is 0 Å². The molecular formula is C13H22N4. The molecule has 0 amide bonds. The van der Waals surface area contributed by atoms with E-state index in [-0.39, 0.29) is 0 Å². The van der Waals surface area contributed by atoms with Crippen LogP contribution < -0.4 is 5.32 Å². The highest BCUT2D eigenvalue weighted by Gasteiger charge is 2.39. The number of nitrogens with zero attached hydrogens (tertiary/aromatic N) is 3. The smallest absolute Gasteiger partial charge is 0.0534 e. The van der Waals surface area contributed by atoms with Crippen molar-refractivity contribution >= 4 is 0 Å². The molecule has 2 saturated heterocycles. The van der Waals surface area contributed by atoms with Gasteiger partial charge >= 0.3 is 0 Å². The van der Waals surface area contributed by atoms with Crippen molar-refractivity contribution in [2.75, 3.05) is 7.05 Å². The molecule has 3 rings (SSSR count). The first-order valence-electron chi connectivity index (χ1n) is 6.67. The maximum atomic E-state index is 4.26. The van der Waals surface area contributed by atoms with Gasteiger partial charge in [-0.25, -0.2) is 0 Å². The molecule has 1 aromatic heterocycles. The lowest BCUT2D eigenvalue weighted by atomic mass is 9.97. The van der Waals surface area contributed by atoms with Gasteiger partial charge in [0.15, 0.2) is 0 Å². The standard InChI is InChI=1S/C13H22N4/c1-14-11-5-12-3-4-13(6-11)17(12)9-10-7-15-16(2)8-10/h7-8,11-14H,3-6,9H2,1-2H3. The van der Waals surface area contributed by atoms with E-state index in [2.05, 4.69) is 28.6 Å². The van der Waals surface area contributed by atoms with Gasteiger partial charge in [0.2, 0.25) is 0 Å². The molecule has 0 spiro atoms. The Morgan fingerprint density at radius 2 is 2.06 bits per heavy atom. The Bertz CT molecular complexity index is 373. The summed E-state index contributed by atoms with van der Waals surface area (Å²) in [7, 11) is 4.09. The third-order valence-corrected chi connectivity index (χ3v) is 4.42. The van der Waals surface area contributed by atoms with Gasteiger partial charge in [-0.15, -0.1) is 0 Å². The number of aryl methyl sites for hydroxylation is 1. The number of aromatic nitrogens is 2. The number of nitrogens with one attached hydrogen (secondary N) is 1. The van der Waals surface area contributed by atoms with Crippen LogP contribution in [0.2, 0.25) is 0 Å². The van der Waals surface area contributed by atoms with E-state index >= 15 is 0 Å². The van der Waals surface area contributed by atoms with Crippen LogP contribution in [0.15, 0.2) is 12.4 Å². The highest BCUT2D eigenvalue weighted by Crippen LogP contribution is 2.36. The maximum absolute atomic E-state index is 4.26. The van der Waals surface area contributed by atoms with Crippen LogP contribution in [0.4, 0.5) is 0 Å². The molecule has 0 radical (unpaired) electrons. The van der Waals surface area contributed by atoms with E-state index < -0.39 is 0 Å². The van der Waals surface area contributed by atoms with Crippen LogP contribution in [0.5, 0.6) is 0 Å². The summed E-state index contributed by atoms with van der Waals surface area (Å²) in [5.74, 6) is 0. The summed E-state index contributed by atoms with van der Waals surface area (Å²) in [6.45, 7) is 1.08. The number of fused-ring (bicyclic) bond motifs is 2.